The number of nitrogens with zero attached hydrogens (tertiary/aromatic N) is 2. The van der Waals surface area contributed by atoms with Crippen molar-refractivity contribution in [1.29, 1.82) is 0 Å². The van der Waals surface area contributed by atoms with Crippen molar-refractivity contribution in [3.8, 4) is 0 Å². The van der Waals surface area contributed by atoms with Gasteiger partial charge in [0, 0.05) is 31.7 Å². The monoisotopic (exact) mass is 508 g/mol. The number of nitrogens with one attached hydrogen (secondary N) is 2. The van der Waals surface area contributed by atoms with Crippen LogP contribution < -0.4 is 10.6 Å². The van der Waals surface area contributed by atoms with E-state index in [0.29, 0.717) is 6.54 Å². The van der Waals surface area contributed by atoms with E-state index in [-0.39, 0.29) is 36.1 Å². The van der Waals surface area contributed by atoms with Gasteiger partial charge in [-0.3, -0.25) is 4.99 Å². The fraction of sp³-hybridized carbons (Fsp3) is 0.579. The predicted molar refractivity (Wildman–Crippen MR) is 121 cm³/mol. The molecule has 1 aliphatic rings. The Morgan fingerprint density at radius 3 is 2.70 bits per heavy atom. The zero-order valence-corrected chi connectivity index (χ0v) is 19.5. The molecule has 1 fully saturated rings. The fourth-order valence-corrected chi connectivity index (χ4v) is 3.12. The van der Waals surface area contributed by atoms with Crippen molar-refractivity contribution in [2.24, 2.45) is 4.99 Å². The van der Waals surface area contributed by atoms with Crippen molar-refractivity contribution in [1.82, 2.24) is 15.5 Å². The first-order valence-corrected chi connectivity index (χ1v) is 9.35. The molecule has 27 heavy (non-hydrogen) atoms. The molecule has 2 N–H and O–H groups in total. The summed E-state index contributed by atoms with van der Waals surface area (Å²) in [4.78, 5) is 18.4. The van der Waals surface area contributed by atoms with Crippen LogP contribution in [-0.4, -0.2) is 55.3 Å². The van der Waals surface area contributed by atoms with Crippen LogP contribution in [-0.2, 0) is 11.2 Å². The molecule has 8 heteroatoms. The summed E-state index contributed by atoms with van der Waals surface area (Å²) in [6.45, 7) is 7.88. The van der Waals surface area contributed by atoms with Crippen LogP contribution in [0.1, 0.15) is 32.8 Å². The lowest BCUT2D eigenvalue weighted by Crippen LogP contribution is -2.44. The molecule has 0 saturated carbocycles. The maximum Gasteiger partial charge on any atom is 0.407 e. The third kappa shape index (κ3) is 8.13. The molecule has 1 unspecified atom stereocenters. The number of guanidine groups is 1. The average Bonchev–Trinajstić information content (AvgIpc) is 2.99. The molecule has 152 valence electrons. The van der Waals surface area contributed by atoms with E-state index in [9.17, 15) is 4.79 Å². The number of rotatable bonds is 4. The molecule has 1 aromatic carbocycles. The fourth-order valence-electron chi connectivity index (χ4n) is 2.89. The van der Waals surface area contributed by atoms with Crippen molar-refractivity contribution < 1.29 is 9.53 Å². The van der Waals surface area contributed by atoms with Gasteiger partial charge < -0.3 is 20.3 Å². The third-order valence-electron chi connectivity index (χ3n) is 4.06. The highest BCUT2D eigenvalue weighted by Crippen LogP contribution is 2.15. The molecule has 1 aliphatic heterocycles. The molecule has 6 nitrogen and oxygen atoms in total. The van der Waals surface area contributed by atoms with Gasteiger partial charge in [-0.1, -0.05) is 29.8 Å². The molecule has 1 aromatic rings. The van der Waals surface area contributed by atoms with Crippen molar-refractivity contribution in [2.75, 3.05) is 26.7 Å². The standard InChI is InChI=1S/C19H29ClN4O2.HI/c1-19(2,3)26-18(25)23-15-10-12-24(13-15)17(21-4)22-11-9-14-7-5-6-8-16(14)20;/h5-8,15H,9-13H2,1-4H3,(H,21,22)(H,23,25);1H. The summed E-state index contributed by atoms with van der Waals surface area (Å²) in [5.41, 5.74) is 0.626. The maximum atomic E-state index is 11.9. The van der Waals surface area contributed by atoms with Crippen LogP contribution in [0.2, 0.25) is 5.02 Å². The Kier molecular flexibility index (Phi) is 9.66. The third-order valence-corrected chi connectivity index (χ3v) is 4.42. The van der Waals surface area contributed by atoms with Gasteiger partial charge in [-0.15, -0.1) is 24.0 Å². The Balaban J connectivity index is 0.00000364. The summed E-state index contributed by atoms with van der Waals surface area (Å²) in [6.07, 6.45) is 1.32. The number of carbonyl (C=O) groups excluding carboxylic acids is 1. The Hall–Kier alpha value is -1.22. The number of likely N-dealkylation sites (tertiary alicyclic amines) is 1. The molecule has 0 aromatic heterocycles. The zero-order valence-electron chi connectivity index (χ0n) is 16.4. The summed E-state index contributed by atoms with van der Waals surface area (Å²) in [6, 6.07) is 7.92. The summed E-state index contributed by atoms with van der Waals surface area (Å²) in [5.74, 6) is 0.838. The summed E-state index contributed by atoms with van der Waals surface area (Å²) < 4.78 is 5.32. The second kappa shape index (κ2) is 10.9. The van der Waals surface area contributed by atoms with Gasteiger partial charge in [0.2, 0.25) is 0 Å². The number of hydrogen-bond donors (Lipinski definition) is 2. The summed E-state index contributed by atoms with van der Waals surface area (Å²) in [7, 11) is 1.77. The number of ether oxygens (including phenoxy) is 1. The first kappa shape index (κ1) is 23.8. The van der Waals surface area contributed by atoms with Gasteiger partial charge in [-0.05, 0) is 45.2 Å². The molecule has 0 spiro atoms. The minimum Gasteiger partial charge on any atom is -0.444 e. The number of carbonyl (C=O) groups is 1. The average molecular weight is 509 g/mol. The van der Waals surface area contributed by atoms with E-state index in [1.165, 1.54) is 0 Å². The Labute approximate surface area is 184 Å². The van der Waals surface area contributed by atoms with E-state index in [0.717, 1.165) is 42.5 Å². The number of aliphatic imine (C=N–C) groups is 1. The first-order chi connectivity index (χ1) is 12.3. The minimum atomic E-state index is -0.487. The first-order valence-electron chi connectivity index (χ1n) is 8.97. The quantitative estimate of drug-likeness (QED) is 0.370. The number of halogens is 2. The molecular formula is C19H30ClIN4O2. The Bertz CT molecular complexity index is 649. The van der Waals surface area contributed by atoms with Crippen LogP contribution in [0.5, 0.6) is 0 Å². The highest BCUT2D eigenvalue weighted by molar-refractivity contribution is 14.0. The van der Waals surface area contributed by atoms with Gasteiger partial charge in [0.05, 0.1) is 6.04 Å². The SMILES string of the molecule is CN=C(NCCc1ccccc1Cl)N1CCC(NC(=O)OC(C)(C)C)C1.I. The zero-order chi connectivity index (χ0) is 19.2. The molecule has 2 rings (SSSR count). The minimum absolute atomic E-state index is 0. The summed E-state index contributed by atoms with van der Waals surface area (Å²) in [5, 5.41) is 7.09. The van der Waals surface area contributed by atoms with Gasteiger partial charge in [-0.2, -0.15) is 0 Å². The van der Waals surface area contributed by atoms with E-state index in [4.69, 9.17) is 16.3 Å². The van der Waals surface area contributed by atoms with Crippen LogP contribution in [0.4, 0.5) is 4.79 Å². The Morgan fingerprint density at radius 1 is 1.37 bits per heavy atom. The smallest absolute Gasteiger partial charge is 0.407 e. The molecule has 1 saturated heterocycles. The maximum absolute atomic E-state index is 11.9. The van der Waals surface area contributed by atoms with Gasteiger partial charge in [0.15, 0.2) is 5.96 Å². The van der Waals surface area contributed by atoms with Crippen molar-refractivity contribution in [2.45, 2.75) is 45.3 Å². The molecular weight excluding hydrogens is 479 g/mol. The highest BCUT2D eigenvalue weighted by atomic mass is 127. The Morgan fingerprint density at radius 2 is 2.07 bits per heavy atom. The van der Waals surface area contributed by atoms with Crippen molar-refractivity contribution >= 4 is 47.6 Å². The highest BCUT2D eigenvalue weighted by Gasteiger charge is 2.27. The molecule has 0 aliphatic carbocycles. The molecule has 0 bridgehead atoms. The van der Waals surface area contributed by atoms with E-state index in [1.807, 2.05) is 45.0 Å². The number of alkyl carbamates (subject to hydrolysis) is 1. The number of hydrogen-bond acceptors (Lipinski definition) is 3. The van der Waals surface area contributed by atoms with Crippen LogP contribution in [0.25, 0.3) is 0 Å². The van der Waals surface area contributed by atoms with Crippen LogP contribution >= 0.6 is 35.6 Å². The van der Waals surface area contributed by atoms with Gasteiger partial charge in [-0.25, -0.2) is 4.79 Å². The number of benzene rings is 1. The van der Waals surface area contributed by atoms with E-state index in [1.54, 1.807) is 7.05 Å². The lowest BCUT2D eigenvalue weighted by molar-refractivity contribution is 0.0507. The molecule has 0 radical (unpaired) electrons. The van der Waals surface area contributed by atoms with Gasteiger partial charge >= 0.3 is 6.09 Å². The molecule has 1 heterocycles. The second-order valence-electron chi connectivity index (χ2n) is 7.39. The lowest BCUT2D eigenvalue weighted by atomic mass is 10.1. The van der Waals surface area contributed by atoms with Gasteiger partial charge in [0.25, 0.3) is 0 Å². The number of amides is 1. The van der Waals surface area contributed by atoms with Crippen LogP contribution in [0, 0.1) is 0 Å². The van der Waals surface area contributed by atoms with Crippen LogP contribution in [0.15, 0.2) is 29.3 Å². The predicted octanol–water partition coefficient (Wildman–Crippen LogP) is 3.67. The van der Waals surface area contributed by atoms with Crippen molar-refractivity contribution in [3.05, 3.63) is 34.9 Å². The van der Waals surface area contributed by atoms with E-state index >= 15 is 0 Å². The van der Waals surface area contributed by atoms with Crippen LogP contribution in [0.3, 0.4) is 0 Å². The molecule has 1 amide bonds. The topological polar surface area (TPSA) is 66.0 Å². The van der Waals surface area contributed by atoms with E-state index < -0.39 is 5.60 Å². The second-order valence-corrected chi connectivity index (χ2v) is 7.80. The lowest BCUT2D eigenvalue weighted by Gasteiger charge is -2.23. The molecule has 1 atom stereocenters. The summed E-state index contributed by atoms with van der Waals surface area (Å²) >= 11 is 6.19. The van der Waals surface area contributed by atoms with E-state index in [2.05, 4.69) is 20.5 Å². The largest absolute Gasteiger partial charge is 0.444 e. The van der Waals surface area contributed by atoms with Gasteiger partial charge in [0.1, 0.15) is 5.60 Å². The van der Waals surface area contributed by atoms with Crippen molar-refractivity contribution in [3.63, 3.8) is 0 Å². The normalized spacial score (nSPS) is 17.3.